The molecule has 1 aromatic heterocycles. The smallest absolute Gasteiger partial charge is 0.404 e. The molecule has 162 valence electrons. The Balaban J connectivity index is 1.44. The van der Waals surface area contributed by atoms with Gasteiger partial charge in [0.1, 0.15) is 18.1 Å². The Morgan fingerprint density at radius 1 is 1.33 bits per heavy atom. The highest BCUT2D eigenvalue weighted by Crippen LogP contribution is 2.54. The quantitative estimate of drug-likeness (QED) is 0.679. The third-order valence-corrected chi connectivity index (χ3v) is 6.42. The number of ether oxygens (including phenoxy) is 1. The monoisotopic (exact) mass is 438 g/mol. The fourth-order valence-electron chi connectivity index (χ4n) is 3.40. The molecule has 4 atom stereocenters. The van der Waals surface area contributed by atoms with Gasteiger partial charge in [0, 0.05) is 23.7 Å². The largest absolute Gasteiger partial charge is 0.530 e. The van der Waals surface area contributed by atoms with E-state index in [4.69, 9.17) is 18.3 Å². The Morgan fingerprint density at radius 3 is 2.87 bits per heavy atom. The van der Waals surface area contributed by atoms with Crippen LogP contribution < -0.4 is 15.8 Å². The minimum Gasteiger partial charge on any atom is -0.404 e. The fourth-order valence-corrected chi connectivity index (χ4v) is 4.62. The first-order valence-corrected chi connectivity index (χ1v) is 11.1. The Labute approximate surface area is 172 Å². The van der Waals surface area contributed by atoms with Crippen LogP contribution >= 0.6 is 7.82 Å². The van der Waals surface area contributed by atoms with Crippen molar-refractivity contribution in [3.8, 4) is 5.75 Å². The van der Waals surface area contributed by atoms with Crippen LogP contribution in [0.5, 0.6) is 5.75 Å². The first-order valence-electron chi connectivity index (χ1n) is 9.61. The number of nitrogens with one attached hydrogen (secondary N) is 1. The summed E-state index contributed by atoms with van der Waals surface area (Å²) in [6.07, 6.45) is -1.08. The van der Waals surface area contributed by atoms with Gasteiger partial charge in [-0.15, -0.1) is 0 Å². The fraction of sp³-hybridized carbons (Fsp3) is 0.474. The second-order valence-corrected chi connectivity index (χ2v) is 9.15. The molecule has 4 unspecified atom stereocenters. The van der Waals surface area contributed by atoms with Crippen molar-refractivity contribution in [3.05, 3.63) is 62.4 Å². The van der Waals surface area contributed by atoms with Gasteiger partial charge >= 0.3 is 13.5 Å². The maximum Gasteiger partial charge on any atom is 0.530 e. The van der Waals surface area contributed by atoms with Crippen molar-refractivity contribution in [3.63, 3.8) is 0 Å². The Morgan fingerprint density at radius 2 is 2.10 bits per heavy atom. The Kier molecular flexibility index (Phi) is 5.69. The van der Waals surface area contributed by atoms with Crippen molar-refractivity contribution in [2.24, 2.45) is 0 Å². The molecule has 4 rings (SSSR count). The van der Waals surface area contributed by atoms with Crippen LogP contribution in [0, 0.1) is 0 Å². The van der Waals surface area contributed by atoms with Crippen molar-refractivity contribution in [2.45, 2.75) is 51.2 Å². The number of para-hydroxylation sites is 1. The summed E-state index contributed by atoms with van der Waals surface area (Å²) in [5.41, 5.74) is 0.101. The molecule has 2 aliphatic rings. The van der Waals surface area contributed by atoms with Gasteiger partial charge in [-0.2, -0.15) is 0 Å². The summed E-state index contributed by atoms with van der Waals surface area (Å²) in [7, 11) is -3.86. The molecule has 1 aromatic carbocycles. The summed E-state index contributed by atoms with van der Waals surface area (Å²) in [6.45, 7) is 3.49. The number of aromatic amines is 1. The van der Waals surface area contributed by atoms with E-state index in [0.29, 0.717) is 11.3 Å². The number of H-pyrrole nitrogens is 1. The van der Waals surface area contributed by atoms with Crippen molar-refractivity contribution < 1.29 is 28.0 Å². The van der Waals surface area contributed by atoms with E-state index in [9.17, 15) is 19.3 Å². The molecule has 2 N–H and O–H groups in total. The number of benzene rings is 1. The van der Waals surface area contributed by atoms with E-state index >= 15 is 0 Å². The molecule has 1 fully saturated rings. The summed E-state index contributed by atoms with van der Waals surface area (Å²) in [4.78, 5) is 26.4. The molecule has 0 aliphatic carbocycles. The number of phosphoric acid groups is 1. The van der Waals surface area contributed by atoms with E-state index in [2.05, 4.69) is 4.98 Å². The number of hydrogen-bond donors (Lipinski definition) is 2. The van der Waals surface area contributed by atoms with Gasteiger partial charge < -0.3 is 14.4 Å². The second-order valence-electron chi connectivity index (χ2n) is 7.55. The van der Waals surface area contributed by atoms with E-state index in [-0.39, 0.29) is 25.6 Å². The molecule has 0 spiro atoms. The lowest BCUT2D eigenvalue weighted by molar-refractivity contribution is -0.0469. The van der Waals surface area contributed by atoms with Crippen LogP contribution in [0.25, 0.3) is 0 Å². The predicted octanol–water partition coefficient (Wildman–Crippen LogP) is 2.04. The van der Waals surface area contributed by atoms with Gasteiger partial charge in [-0.25, -0.2) is 9.36 Å². The Bertz CT molecular complexity index is 1090. The first kappa shape index (κ1) is 21.0. The predicted molar refractivity (Wildman–Crippen MR) is 105 cm³/mol. The standard InChI is InChI=1S/C19H23N2O8P/c1-11(2)13-8-21(19(24)20-18(13)23)17-7-14(22)16(28-17)10-27-30(25)26-9-12-5-3-4-6-15(12)29-30/h3-6,8,11,14,16-17,22H,7,9-10H2,1-2H3,(H,20,23,24). The molecule has 2 aromatic rings. The van der Waals surface area contributed by atoms with Gasteiger partial charge in [0.2, 0.25) is 0 Å². The molecular formula is C19H23N2O8P. The highest BCUT2D eigenvalue weighted by Gasteiger charge is 2.40. The number of aliphatic hydroxyl groups excluding tert-OH is 1. The van der Waals surface area contributed by atoms with E-state index in [1.165, 1.54) is 10.8 Å². The molecule has 0 amide bonds. The van der Waals surface area contributed by atoms with Crippen LogP contribution in [-0.4, -0.2) is 33.5 Å². The van der Waals surface area contributed by atoms with Crippen LogP contribution in [0.3, 0.4) is 0 Å². The minimum absolute atomic E-state index is 0.0783. The summed E-state index contributed by atoms with van der Waals surface area (Å²) >= 11 is 0. The maximum atomic E-state index is 12.7. The van der Waals surface area contributed by atoms with Crippen LogP contribution in [0.1, 0.15) is 43.5 Å². The van der Waals surface area contributed by atoms with Crippen molar-refractivity contribution in [2.75, 3.05) is 6.61 Å². The molecule has 0 radical (unpaired) electrons. The van der Waals surface area contributed by atoms with Crippen molar-refractivity contribution in [1.29, 1.82) is 0 Å². The summed E-state index contributed by atoms with van der Waals surface area (Å²) < 4.78 is 35.7. The second kappa shape index (κ2) is 8.13. The van der Waals surface area contributed by atoms with Gasteiger partial charge in [0.05, 0.1) is 19.3 Å². The Hall–Kier alpha value is -2.23. The maximum absolute atomic E-state index is 12.7. The number of hydrogen-bond acceptors (Lipinski definition) is 8. The number of fused-ring (bicyclic) bond motifs is 1. The van der Waals surface area contributed by atoms with Gasteiger partial charge in [-0.3, -0.25) is 23.4 Å². The van der Waals surface area contributed by atoms with Crippen LogP contribution in [-0.2, 0) is 25.0 Å². The number of phosphoric ester groups is 1. The third-order valence-electron chi connectivity index (χ3n) is 5.09. The van der Waals surface area contributed by atoms with E-state index in [1.807, 2.05) is 19.9 Å². The number of aliphatic hydroxyl groups is 1. The lowest BCUT2D eigenvalue weighted by Gasteiger charge is -2.26. The summed E-state index contributed by atoms with van der Waals surface area (Å²) in [5.74, 6) is 0.318. The minimum atomic E-state index is -3.86. The number of rotatable bonds is 5. The van der Waals surface area contributed by atoms with E-state index < -0.39 is 37.5 Å². The molecule has 1 saturated heterocycles. The molecule has 0 bridgehead atoms. The van der Waals surface area contributed by atoms with Gasteiger partial charge in [0.15, 0.2) is 0 Å². The van der Waals surface area contributed by atoms with Gasteiger partial charge in [0.25, 0.3) is 5.56 Å². The topological polar surface area (TPSA) is 129 Å². The van der Waals surface area contributed by atoms with Gasteiger partial charge in [-0.05, 0) is 12.0 Å². The zero-order valence-electron chi connectivity index (χ0n) is 16.5. The summed E-state index contributed by atoms with van der Waals surface area (Å²) in [6, 6.07) is 7.02. The first-order chi connectivity index (χ1) is 14.3. The summed E-state index contributed by atoms with van der Waals surface area (Å²) in [5, 5.41) is 10.4. The number of nitrogens with zero attached hydrogens (tertiary/aromatic N) is 1. The lowest BCUT2D eigenvalue weighted by Crippen LogP contribution is -2.34. The molecular weight excluding hydrogens is 415 g/mol. The average Bonchev–Trinajstić information content (AvgIpc) is 3.06. The van der Waals surface area contributed by atoms with Gasteiger partial charge in [-0.1, -0.05) is 32.0 Å². The molecule has 3 heterocycles. The molecule has 0 saturated carbocycles. The molecule has 2 aliphatic heterocycles. The SMILES string of the molecule is CC(C)c1cn(C2CC(O)C(COP3(=O)OCc4ccccc4O3)O2)c(=O)[nH]c1=O. The van der Waals surface area contributed by atoms with E-state index in [1.54, 1.807) is 18.2 Å². The van der Waals surface area contributed by atoms with Crippen LogP contribution in [0.2, 0.25) is 0 Å². The van der Waals surface area contributed by atoms with Crippen LogP contribution in [0.15, 0.2) is 40.1 Å². The molecule has 10 nitrogen and oxygen atoms in total. The molecule has 30 heavy (non-hydrogen) atoms. The van der Waals surface area contributed by atoms with Crippen LogP contribution in [0.4, 0.5) is 0 Å². The third kappa shape index (κ3) is 4.14. The highest BCUT2D eigenvalue weighted by atomic mass is 31.2. The highest BCUT2D eigenvalue weighted by molar-refractivity contribution is 7.49. The van der Waals surface area contributed by atoms with Crippen molar-refractivity contribution >= 4 is 7.82 Å². The zero-order chi connectivity index (χ0) is 21.5. The number of aromatic nitrogens is 2. The van der Waals surface area contributed by atoms with Crippen molar-refractivity contribution in [1.82, 2.24) is 9.55 Å². The zero-order valence-corrected chi connectivity index (χ0v) is 17.4. The average molecular weight is 438 g/mol. The van der Waals surface area contributed by atoms with E-state index in [0.717, 1.165) is 5.56 Å². The lowest BCUT2D eigenvalue weighted by atomic mass is 10.1. The normalized spacial score (nSPS) is 28.3. The molecule has 11 heteroatoms.